The van der Waals surface area contributed by atoms with Crippen molar-refractivity contribution in [2.75, 3.05) is 6.61 Å². The molecule has 1 atom stereocenters. The van der Waals surface area contributed by atoms with Gasteiger partial charge in [-0.2, -0.15) is 0 Å². The van der Waals surface area contributed by atoms with Gasteiger partial charge in [0.15, 0.2) is 0 Å². The average Bonchev–Trinajstić information content (AvgIpc) is 2.51. The first-order valence-electron chi connectivity index (χ1n) is 6.72. The molecule has 0 aromatic heterocycles. The lowest BCUT2D eigenvalue weighted by Gasteiger charge is -2.21. The number of hydrogen-bond donors (Lipinski definition) is 1. The molecule has 2 heteroatoms. The van der Waals surface area contributed by atoms with Gasteiger partial charge in [0.1, 0.15) is 5.75 Å². The summed E-state index contributed by atoms with van der Waals surface area (Å²) in [5.74, 6) is 1.07. The molecule has 1 aromatic carbocycles. The van der Waals surface area contributed by atoms with E-state index in [-0.39, 0.29) is 0 Å². The third-order valence-corrected chi connectivity index (χ3v) is 3.29. The van der Waals surface area contributed by atoms with Crippen molar-refractivity contribution in [3.8, 4) is 5.75 Å². The highest BCUT2D eigenvalue weighted by Crippen LogP contribution is 2.32. The SMILES string of the molecule is CCc1ccc2c(c1)C(NC(C)C)CCCO2. The van der Waals surface area contributed by atoms with Gasteiger partial charge in [0, 0.05) is 17.6 Å². The number of ether oxygens (including phenoxy) is 1. The highest BCUT2D eigenvalue weighted by molar-refractivity contribution is 5.40. The Balaban J connectivity index is 2.31. The van der Waals surface area contributed by atoms with Gasteiger partial charge in [-0.3, -0.25) is 0 Å². The van der Waals surface area contributed by atoms with Crippen LogP contribution >= 0.6 is 0 Å². The van der Waals surface area contributed by atoms with Crippen LogP contribution in [0.3, 0.4) is 0 Å². The Morgan fingerprint density at radius 3 is 2.94 bits per heavy atom. The Morgan fingerprint density at radius 1 is 1.41 bits per heavy atom. The number of benzene rings is 1. The predicted molar refractivity (Wildman–Crippen MR) is 71.6 cm³/mol. The van der Waals surface area contributed by atoms with Gasteiger partial charge in [-0.1, -0.05) is 32.9 Å². The van der Waals surface area contributed by atoms with E-state index in [1.165, 1.54) is 17.5 Å². The molecule has 2 nitrogen and oxygen atoms in total. The minimum Gasteiger partial charge on any atom is -0.493 e. The first-order valence-corrected chi connectivity index (χ1v) is 6.72. The summed E-state index contributed by atoms with van der Waals surface area (Å²) < 4.78 is 5.82. The van der Waals surface area contributed by atoms with Crippen molar-refractivity contribution in [1.82, 2.24) is 5.32 Å². The fraction of sp³-hybridized carbons (Fsp3) is 0.600. The number of aryl methyl sites for hydroxylation is 1. The number of hydrogen-bond acceptors (Lipinski definition) is 2. The van der Waals surface area contributed by atoms with E-state index in [0.29, 0.717) is 12.1 Å². The summed E-state index contributed by atoms with van der Waals surface area (Å²) in [6, 6.07) is 7.57. The Kier molecular flexibility index (Phi) is 4.06. The van der Waals surface area contributed by atoms with E-state index in [9.17, 15) is 0 Å². The molecule has 94 valence electrons. The standard InChI is InChI=1S/C15H23NO/c1-4-12-7-8-15-13(10-12)14(16-11(2)3)6-5-9-17-15/h7-8,10-11,14,16H,4-6,9H2,1-3H3. The van der Waals surface area contributed by atoms with Crippen molar-refractivity contribution < 1.29 is 4.74 Å². The first-order chi connectivity index (χ1) is 8.20. The lowest BCUT2D eigenvalue weighted by Crippen LogP contribution is -2.27. The maximum Gasteiger partial charge on any atom is 0.124 e. The second-order valence-electron chi connectivity index (χ2n) is 5.09. The number of rotatable bonds is 3. The van der Waals surface area contributed by atoms with Crippen LogP contribution in [0.25, 0.3) is 0 Å². The fourth-order valence-electron chi connectivity index (χ4n) is 2.42. The van der Waals surface area contributed by atoms with Crippen molar-refractivity contribution in [2.24, 2.45) is 0 Å². The zero-order valence-corrected chi connectivity index (χ0v) is 11.1. The van der Waals surface area contributed by atoms with Gasteiger partial charge in [-0.25, -0.2) is 0 Å². The summed E-state index contributed by atoms with van der Waals surface area (Å²) in [6.45, 7) is 7.45. The second kappa shape index (κ2) is 5.54. The van der Waals surface area contributed by atoms with Crippen molar-refractivity contribution in [2.45, 2.75) is 52.1 Å². The van der Waals surface area contributed by atoms with Crippen LogP contribution < -0.4 is 10.1 Å². The van der Waals surface area contributed by atoms with Crippen LogP contribution in [0.2, 0.25) is 0 Å². The molecule has 1 heterocycles. The zero-order chi connectivity index (χ0) is 12.3. The summed E-state index contributed by atoms with van der Waals surface area (Å²) in [5.41, 5.74) is 2.74. The van der Waals surface area contributed by atoms with E-state index in [4.69, 9.17) is 4.74 Å². The lowest BCUT2D eigenvalue weighted by atomic mass is 9.98. The summed E-state index contributed by atoms with van der Waals surface area (Å²) in [6.07, 6.45) is 3.38. The maximum absolute atomic E-state index is 5.82. The fourth-order valence-corrected chi connectivity index (χ4v) is 2.42. The topological polar surface area (TPSA) is 21.3 Å². The molecule has 1 unspecified atom stereocenters. The molecular weight excluding hydrogens is 210 g/mol. The molecule has 1 aliphatic heterocycles. The van der Waals surface area contributed by atoms with Gasteiger partial charge in [-0.05, 0) is 30.9 Å². The molecule has 0 spiro atoms. The third-order valence-electron chi connectivity index (χ3n) is 3.29. The van der Waals surface area contributed by atoms with Gasteiger partial charge < -0.3 is 10.1 Å². The summed E-state index contributed by atoms with van der Waals surface area (Å²) in [7, 11) is 0. The highest BCUT2D eigenvalue weighted by atomic mass is 16.5. The molecule has 17 heavy (non-hydrogen) atoms. The highest BCUT2D eigenvalue weighted by Gasteiger charge is 2.20. The molecule has 2 rings (SSSR count). The first kappa shape index (κ1) is 12.4. The molecular formula is C15H23NO. The smallest absolute Gasteiger partial charge is 0.124 e. The molecule has 0 aliphatic carbocycles. The molecule has 1 N–H and O–H groups in total. The normalized spacial score (nSPS) is 19.6. The molecule has 0 radical (unpaired) electrons. The third kappa shape index (κ3) is 3.01. The Hall–Kier alpha value is -1.02. The Labute approximate surface area is 104 Å². The van der Waals surface area contributed by atoms with E-state index < -0.39 is 0 Å². The van der Waals surface area contributed by atoms with Crippen LogP contribution in [0.15, 0.2) is 18.2 Å². The van der Waals surface area contributed by atoms with Gasteiger partial charge >= 0.3 is 0 Å². The summed E-state index contributed by atoms with van der Waals surface area (Å²) in [5, 5.41) is 3.65. The van der Waals surface area contributed by atoms with Gasteiger partial charge in [0.25, 0.3) is 0 Å². The summed E-state index contributed by atoms with van der Waals surface area (Å²) in [4.78, 5) is 0. The molecule has 0 saturated heterocycles. The Bertz CT molecular complexity index is 373. The minimum atomic E-state index is 0.444. The molecule has 1 aromatic rings. The second-order valence-corrected chi connectivity index (χ2v) is 5.09. The van der Waals surface area contributed by atoms with E-state index in [2.05, 4.69) is 44.3 Å². The lowest BCUT2D eigenvalue weighted by molar-refractivity contribution is 0.314. The zero-order valence-electron chi connectivity index (χ0n) is 11.1. The van der Waals surface area contributed by atoms with E-state index >= 15 is 0 Å². The maximum atomic E-state index is 5.82. The molecule has 1 aliphatic rings. The van der Waals surface area contributed by atoms with Crippen molar-refractivity contribution in [3.63, 3.8) is 0 Å². The van der Waals surface area contributed by atoms with Crippen LogP contribution in [-0.4, -0.2) is 12.6 Å². The Morgan fingerprint density at radius 2 is 2.24 bits per heavy atom. The van der Waals surface area contributed by atoms with Crippen LogP contribution in [0.4, 0.5) is 0 Å². The van der Waals surface area contributed by atoms with E-state index in [0.717, 1.165) is 25.2 Å². The average molecular weight is 233 g/mol. The number of fused-ring (bicyclic) bond motifs is 1. The van der Waals surface area contributed by atoms with Crippen molar-refractivity contribution >= 4 is 0 Å². The quantitative estimate of drug-likeness (QED) is 0.863. The predicted octanol–water partition coefficient (Wildman–Crippen LogP) is 3.46. The van der Waals surface area contributed by atoms with E-state index in [1.54, 1.807) is 0 Å². The van der Waals surface area contributed by atoms with Crippen LogP contribution in [-0.2, 0) is 6.42 Å². The number of nitrogens with one attached hydrogen (secondary N) is 1. The molecule has 0 bridgehead atoms. The van der Waals surface area contributed by atoms with Crippen molar-refractivity contribution in [1.29, 1.82) is 0 Å². The summed E-state index contributed by atoms with van der Waals surface area (Å²) >= 11 is 0. The van der Waals surface area contributed by atoms with Gasteiger partial charge in [-0.15, -0.1) is 0 Å². The van der Waals surface area contributed by atoms with E-state index in [1.807, 2.05) is 0 Å². The molecule has 0 fully saturated rings. The van der Waals surface area contributed by atoms with Crippen LogP contribution in [0.5, 0.6) is 5.75 Å². The molecule has 0 amide bonds. The van der Waals surface area contributed by atoms with Crippen molar-refractivity contribution in [3.05, 3.63) is 29.3 Å². The van der Waals surface area contributed by atoms with Gasteiger partial charge in [0.2, 0.25) is 0 Å². The van der Waals surface area contributed by atoms with Crippen LogP contribution in [0.1, 0.15) is 50.8 Å². The monoisotopic (exact) mass is 233 g/mol. The minimum absolute atomic E-state index is 0.444. The van der Waals surface area contributed by atoms with Crippen LogP contribution in [0, 0.1) is 0 Å². The largest absolute Gasteiger partial charge is 0.493 e. The van der Waals surface area contributed by atoms with Gasteiger partial charge in [0.05, 0.1) is 6.61 Å². The molecule has 0 saturated carbocycles.